The summed E-state index contributed by atoms with van der Waals surface area (Å²) < 4.78 is 0. The lowest BCUT2D eigenvalue weighted by molar-refractivity contribution is 0.162. The van der Waals surface area contributed by atoms with Gasteiger partial charge in [0.15, 0.2) is 0 Å². The number of hydrogen-bond donors (Lipinski definition) is 1. The molecule has 2 aliphatic rings. The fraction of sp³-hybridized carbons (Fsp3) is 1.00. The standard InChI is InChI=1S/C15H30N2/c1-16-15-10-6-5-9-14(15)13-17-11-7-3-2-4-8-12-17/h14-16H,2-13H2,1H3. The van der Waals surface area contributed by atoms with Crippen molar-refractivity contribution in [2.24, 2.45) is 5.92 Å². The number of likely N-dealkylation sites (tertiary alicyclic amines) is 1. The van der Waals surface area contributed by atoms with Crippen LogP contribution in [0.4, 0.5) is 0 Å². The van der Waals surface area contributed by atoms with E-state index in [0.717, 1.165) is 12.0 Å². The van der Waals surface area contributed by atoms with Crippen molar-refractivity contribution >= 4 is 0 Å². The number of nitrogens with zero attached hydrogens (tertiary/aromatic N) is 1. The van der Waals surface area contributed by atoms with Crippen molar-refractivity contribution in [3.05, 3.63) is 0 Å². The second kappa shape index (κ2) is 7.38. The first-order valence-electron chi connectivity index (χ1n) is 7.80. The first-order valence-corrected chi connectivity index (χ1v) is 7.80. The molecule has 100 valence electrons. The highest BCUT2D eigenvalue weighted by Crippen LogP contribution is 2.25. The molecule has 0 amide bonds. The minimum Gasteiger partial charge on any atom is -0.317 e. The second-order valence-corrected chi connectivity index (χ2v) is 6.01. The molecule has 1 aliphatic carbocycles. The zero-order chi connectivity index (χ0) is 11.9. The van der Waals surface area contributed by atoms with Gasteiger partial charge in [-0.15, -0.1) is 0 Å². The van der Waals surface area contributed by atoms with E-state index in [2.05, 4.69) is 17.3 Å². The third-order valence-electron chi connectivity index (χ3n) is 4.72. The van der Waals surface area contributed by atoms with Crippen molar-refractivity contribution in [1.29, 1.82) is 0 Å². The van der Waals surface area contributed by atoms with E-state index >= 15 is 0 Å². The molecule has 0 aromatic heterocycles. The van der Waals surface area contributed by atoms with Crippen LogP contribution in [-0.4, -0.2) is 37.6 Å². The fourth-order valence-electron chi connectivity index (χ4n) is 3.63. The zero-order valence-electron chi connectivity index (χ0n) is 11.6. The van der Waals surface area contributed by atoms with Crippen molar-refractivity contribution in [1.82, 2.24) is 10.2 Å². The largest absolute Gasteiger partial charge is 0.317 e. The Morgan fingerprint density at radius 2 is 1.53 bits per heavy atom. The highest BCUT2D eigenvalue weighted by molar-refractivity contribution is 4.82. The van der Waals surface area contributed by atoms with Crippen LogP contribution in [0, 0.1) is 5.92 Å². The van der Waals surface area contributed by atoms with Crippen LogP contribution >= 0.6 is 0 Å². The van der Waals surface area contributed by atoms with Gasteiger partial charge in [0.2, 0.25) is 0 Å². The molecule has 0 bridgehead atoms. The fourth-order valence-corrected chi connectivity index (χ4v) is 3.63. The van der Waals surface area contributed by atoms with Gasteiger partial charge < -0.3 is 10.2 Å². The second-order valence-electron chi connectivity index (χ2n) is 6.01. The van der Waals surface area contributed by atoms with Gasteiger partial charge in [-0.1, -0.05) is 32.1 Å². The Bertz CT molecular complexity index is 197. The lowest BCUT2D eigenvalue weighted by Crippen LogP contribution is -2.43. The molecule has 1 heterocycles. The highest BCUT2D eigenvalue weighted by atomic mass is 15.1. The molecular formula is C15H30N2. The summed E-state index contributed by atoms with van der Waals surface area (Å²) in [5, 5.41) is 3.54. The summed E-state index contributed by atoms with van der Waals surface area (Å²) in [7, 11) is 2.15. The maximum absolute atomic E-state index is 3.54. The van der Waals surface area contributed by atoms with Crippen molar-refractivity contribution in [3.8, 4) is 0 Å². The summed E-state index contributed by atoms with van der Waals surface area (Å²) in [6.45, 7) is 4.06. The Morgan fingerprint density at radius 3 is 2.24 bits per heavy atom. The third kappa shape index (κ3) is 4.26. The molecular weight excluding hydrogens is 208 g/mol. The Kier molecular flexibility index (Phi) is 5.79. The molecule has 0 radical (unpaired) electrons. The van der Waals surface area contributed by atoms with Crippen molar-refractivity contribution in [2.75, 3.05) is 26.7 Å². The smallest absolute Gasteiger partial charge is 0.0104 e. The Hall–Kier alpha value is -0.0800. The molecule has 2 atom stereocenters. The highest BCUT2D eigenvalue weighted by Gasteiger charge is 2.25. The van der Waals surface area contributed by atoms with Crippen LogP contribution in [0.5, 0.6) is 0 Å². The van der Waals surface area contributed by atoms with Crippen molar-refractivity contribution < 1.29 is 0 Å². The molecule has 2 heteroatoms. The molecule has 1 saturated carbocycles. The lowest BCUT2D eigenvalue weighted by Gasteiger charge is -2.36. The Morgan fingerprint density at radius 1 is 0.882 bits per heavy atom. The maximum Gasteiger partial charge on any atom is 0.0104 e. The van der Waals surface area contributed by atoms with Gasteiger partial charge in [0, 0.05) is 12.6 Å². The van der Waals surface area contributed by atoms with E-state index in [4.69, 9.17) is 0 Å². The molecule has 2 fully saturated rings. The maximum atomic E-state index is 3.54. The van der Waals surface area contributed by atoms with E-state index < -0.39 is 0 Å². The molecule has 0 spiro atoms. The molecule has 2 rings (SSSR count). The van der Waals surface area contributed by atoms with Gasteiger partial charge in [-0.05, 0) is 51.7 Å². The first-order chi connectivity index (χ1) is 8.40. The molecule has 0 aromatic carbocycles. The van der Waals surface area contributed by atoms with E-state index in [9.17, 15) is 0 Å². The van der Waals surface area contributed by atoms with E-state index in [1.807, 2.05) is 0 Å². The molecule has 17 heavy (non-hydrogen) atoms. The molecule has 2 nitrogen and oxygen atoms in total. The summed E-state index contributed by atoms with van der Waals surface area (Å²) in [4.78, 5) is 2.75. The molecule has 1 saturated heterocycles. The molecule has 1 aliphatic heterocycles. The van der Waals surface area contributed by atoms with E-state index in [0.29, 0.717) is 0 Å². The van der Waals surface area contributed by atoms with Gasteiger partial charge in [-0.2, -0.15) is 0 Å². The van der Waals surface area contributed by atoms with Crippen molar-refractivity contribution in [3.63, 3.8) is 0 Å². The quantitative estimate of drug-likeness (QED) is 0.813. The molecule has 2 unspecified atom stereocenters. The van der Waals surface area contributed by atoms with Crippen LogP contribution in [0.3, 0.4) is 0 Å². The zero-order valence-corrected chi connectivity index (χ0v) is 11.6. The normalized spacial score (nSPS) is 33.0. The topological polar surface area (TPSA) is 15.3 Å². The SMILES string of the molecule is CNC1CCCCC1CN1CCCCCCC1. The van der Waals surface area contributed by atoms with E-state index in [1.54, 1.807) is 0 Å². The minimum absolute atomic E-state index is 0.786. The molecule has 1 N–H and O–H groups in total. The summed E-state index contributed by atoms with van der Waals surface area (Å²) in [6.07, 6.45) is 13.0. The van der Waals surface area contributed by atoms with Crippen LogP contribution in [0.1, 0.15) is 57.8 Å². The van der Waals surface area contributed by atoms with E-state index in [1.165, 1.54) is 77.4 Å². The van der Waals surface area contributed by atoms with Gasteiger partial charge in [-0.25, -0.2) is 0 Å². The van der Waals surface area contributed by atoms with Crippen LogP contribution in [-0.2, 0) is 0 Å². The molecule has 0 aromatic rings. The third-order valence-corrected chi connectivity index (χ3v) is 4.72. The van der Waals surface area contributed by atoms with Crippen LogP contribution in [0.15, 0.2) is 0 Å². The summed E-state index contributed by atoms with van der Waals surface area (Å²) in [6, 6.07) is 0.786. The van der Waals surface area contributed by atoms with Crippen LogP contribution in [0.2, 0.25) is 0 Å². The van der Waals surface area contributed by atoms with Gasteiger partial charge in [0.1, 0.15) is 0 Å². The number of hydrogen-bond acceptors (Lipinski definition) is 2. The summed E-state index contributed by atoms with van der Waals surface area (Å²) in [5.41, 5.74) is 0. The van der Waals surface area contributed by atoms with E-state index in [-0.39, 0.29) is 0 Å². The predicted octanol–water partition coefficient (Wildman–Crippen LogP) is 3.03. The van der Waals surface area contributed by atoms with Crippen LogP contribution in [0.25, 0.3) is 0 Å². The average molecular weight is 238 g/mol. The van der Waals surface area contributed by atoms with Gasteiger partial charge in [0.25, 0.3) is 0 Å². The van der Waals surface area contributed by atoms with Gasteiger partial charge >= 0.3 is 0 Å². The number of nitrogens with one attached hydrogen (secondary N) is 1. The van der Waals surface area contributed by atoms with Crippen LogP contribution < -0.4 is 5.32 Å². The first kappa shape index (κ1) is 13.4. The average Bonchev–Trinajstić information content (AvgIpc) is 2.33. The Balaban J connectivity index is 1.80. The lowest BCUT2D eigenvalue weighted by atomic mass is 9.84. The predicted molar refractivity (Wildman–Crippen MR) is 74.3 cm³/mol. The monoisotopic (exact) mass is 238 g/mol. The Labute approximate surface area is 107 Å². The summed E-state index contributed by atoms with van der Waals surface area (Å²) >= 11 is 0. The summed E-state index contributed by atoms with van der Waals surface area (Å²) in [5.74, 6) is 0.910. The minimum atomic E-state index is 0.786. The van der Waals surface area contributed by atoms with Gasteiger partial charge in [-0.3, -0.25) is 0 Å². The van der Waals surface area contributed by atoms with Crippen molar-refractivity contribution in [2.45, 2.75) is 63.8 Å². The number of rotatable bonds is 3. The van der Waals surface area contributed by atoms with Gasteiger partial charge in [0.05, 0.1) is 0 Å².